The van der Waals surface area contributed by atoms with Gasteiger partial charge in [0.2, 0.25) is 0 Å². The summed E-state index contributed by atoms with van der Waals surface area (Å²) in [5.41, 5.74) is 1.39. The maximum atomic E-state index is 12.5. The maximum absolute atomic E-state index is 12.5. The average molecular weight is 438 g/mol. The van der Waals surface area contributed by atoms with Crippen LogP contribution in [0.5, 0.6) is 0 Å². The topological polar surface area (TPSA) is 73.1 Å². The van der Waals surface area contributed by atoms with E-state index in [4.69, 9.17) is 4.42 Å². The Bertz CT molecular complexity index is 882. The first kappa shape index (κ1) is 22.4. The van der Waals surface area contributed by atoms with Gasteiger partial charge in [-0.05, 0) is 37.5 Å². The Morgan fingerprint density at radius 2 is 1.75 bits per heavy atom. The summed E-state index contributed by atoms with van der Waals surface area (Å²) in [6, 6.07) is 14.4. The van der Waals surface area contributed by atoms with Gasteiger partial charge < -0.3 is 24.9 Å². The molecule has 1 aromatic carbocycles. The molecule has 0 radical (unpaired) electrons. The zero-order chi connectivity index (χ0) is 22.4. The number of guanidine groups is 1. The van der Waals surface area contributed by atoms with Gasteiger partial charge in [-0.25, -0.2) is 0 Å². The highest BCUT2D eigenvalue weighted by Crippen LogP contribution is 2.32. The van der Waals surface area contributed by atoms with Crippen LogP contribution in [0.25, 0.3) is 0 Å². The molecular weight excluding hydrogens is 402 g/mol. The van der Waals surface area contributed by atoms with Gasteiger partial charge in [-0.3, -0.25) is 9.79 Å². The zero-order valence-electron chi connectivity index (χ0n) is 19.2. The number of piperazine rings is 1. The lowest BCUT2D eigenvalue weighted by molar-refractivity contribution is 0.0657. The van der Waals surface area contributed by atoms with Crippen LogP contribution >= 0.6 is 0 Å². The number of hydrogen-bond acceptors (Lipinski definition) is 4. The monoisotopic (exact) mass is 437 g/mol. The predicted octanol–water partition coefficient (Wildman–Crippen LogP) is 3.28. The van der Waals surface area contributed by atoms with Crippen LogP contribution in [0.15, 0.2) is 58.1 Å². The number of rotatable bonds is 6. The number of nitrogens with zero attached hydrogens (tertiary/aromatic N) is 3. The Morgan fingerprint density at radius 1 is 1.06 bits per heavy atom. The van der Waals surface area contributed by atoms with Crippen LogP contribution in [0.3, 0.4) is 0 Å². The van der Waals surface area contributed by atoms with Gasteiger partial charge in [0, 0.05) is 51.4 Å². The molecular formula is C25H35N5O2. The number of nitrogens with one attached hydrogen (secondary N) is 2. The molecule has 1 saturated heterocycles. The van der Waals surface area contributed by atoms with Crippen LogP contribution in [-0.4, -0.2) is 67.0 Å². The second-order valence-electron chi connectivity index (χ2n) is 8.92. The van der Waals surface area contributed by atoms with Crippen molar-refractivity contribution in [2.24, 2.45) is 4.99 Å². The molecule has 1 amide bonds. The summed E-state index contributed by atoms with van der Waals surface area (Å²) in [4.78, 5) is 21.2. The van der Waals surface area contributed by atoms with Gasteiger partial charge in [-0.2, -0.15) is 0 Å². The SMILES string of the molecule is CN=C(NCC1(NC(C)c2ccccc2)CCCC1)N1CCN(C(=O)c2ccco2)CC1. The molecule has 1 aliphatic heterocycles. The minimum absolute atomic E-state index is 0.0402. The van der Waals surface area contributed by atoms with E-state index in [1.54, 1.807) is 18.4 Å². The predicted molar refractivity (Wildman–Crippen MR) is 127 cm³/mol. The first-order valence-corrected chi connectivity index (χ1v) is 11.7. The van der Waals surface area contributed by atoms with E-state index in [0.717, 1.165) is 25.6 Å². The number of hydrogen-bond donors (Lipinski definition) is 2. The molecule has 2 N–H and O–H groups in total. The fourth-order valence-corrected chi connectivity index (χ4v) is 4.97. The first-order chi connectivity index (χ1) is 15.6. The molecule has 2 fully saturated rings. The van der Waals surface area contributed by atoms with Crippen LogP contribution in [0.2, 0.25) is 0 Å². The molecule has 1 saturated carbocycles. The molecule has 1 atom stereocenters. The van der Waals surface area contributed by atoms with Crippen molar-refractivity contribution in [3.63, 3.8) is 0 Å². The van der Waals surface area contributed by atoms with Gasteiger partial charge in [0.05, 0.1) is 6.26 Å². The molecule has 7 heteroatoms. The molecule has 0 spiro atoms. The van der Waals surface area contributed by atoms with Crippen LogP contribution < -0.4 is 10.6 Å². The molecule has 2 aliphatic rings. The van der Waals surface area contributed by atoms with Crippen molar-refractivity contribution in [3.05, 3.63) is 60.1 Å². The van der Waals surface area contributed by atoms with Crippen molar-refractivity contribution < 1.29 is 9.21 Å². The number of carbonyl (C=O) groups is 1. The number of benzene rings is 1. The van der Waals surface area contributed by atoms with Crippen LogP contribution in [0.4, 0.5) is 0 Å². The van der Waals surface area contributed by atoms with Gasteiger partial charge in [0.15, 0.2) is 11.7 Å². The summed E-state index contributed by atoms with van der Waals surface area (Å²) < 4.78 is 5.27. The third kappa shape index (κ3) is 5.15. The van der Waals surface area contributed by atoms with Crippen molar-refractivity contribution in [3.8, 4) is 0 Å². The summed E-state index contributed by atoms with van der Waals surface area (Å²) in [5.74, 6) is 1.28. The van der Waals surface area contributed by atoms with E-state index >= 15 is 0 Å². The maximum Gasteiger partial charge on any atom is 0.289 e. The minimum atomic E-state index is -0.0402. The minimum Gasteiger partial charge on any atom is -0.459 e. The summed E-state index contributed by atoms with van der Waals surface area (Å²) >= 11 is 0. The average Bonchev–Trinajstić information content (AvgIpc) is 3.53. The highest BCUT2D eigenvalue weighted by molar-refractivity contribution is 5.91. The number of furan rings is 1. The fraction of sp³-hybridized carbons (Fsp3) is 0.520. The second kappa shape index (κ2) is 10.2. The molecule has 2 heterocycles. The lowest BCUT2D eigenvalue weighted by atomic mass is 9.94. The Hall–Kier alpha value is -2.80. The van der Waals surface area contributed by atoms with Gasteiger partial charge in [-0.15, -0.1) is 0 Å². The van der Waals surface area contributed by atoms with E-state index in [2.05, 4.69) is 57.8 Å². The molecule has 7 nitrogen and oxygen atoms in total. The van der Waals surface area contributed by atoms with Crippen LogP contribution in [-0.2, 0) is 0 Å². The van der Waals surface area contributed by atoms with E-state index < -0.39 is 0 Å². The lowest BCUT2D eigenvalue weighted by Crippen LogP contribution is -2.58. The fourth-order valence-electron chi connectivity index (χ4n) is 4.97. The second-order valence-corrected chi connectivity index (χ2v) is 8.92. The van der Waals surface area contributed by atoms with E-state index in [0.29, 0.717) is 24.9 Å². The zero-order valence-corrected chi connectivity index (χ0v) is 19.2. The first-order valence-electron chi connectivity index (χ1n) is 11.7. The van der Waals surface area contributed by atoms with E-state index in [-0.39, 0.29) is 11.4 Å². The van der Waals surface area contributed by atoms with Crippen molar-refractivity contribution in [2.75, 3.05) is 39.8 Å². The van der Waals surface area contributed by atoms with Gasteiger partial charge in [0.1, 0.15) is 0 Å². The van der Waals surface area contributed by atoms with Crippen LogP contribution in [0, 0.1) is 0 Å². The summed E-state index contributed by atoms with van der Waals surface area (Å²) in [6.07, 6.45) is 6.38. The van der Waals surface area contributed by atoms with E-state index in [1.165, 1.54) is 31.2 Å². The molecule has 4 rings (SSSR count). The molecule has 1 aliphatic carbocycles. The highest BCUT2D eigenvalue weighted by atomic mass is 16.3. The van der Waals surface area contributed by atoms with Gasteiger partial charge in [-0.1, -0.05) is 43.2 Å². The molecule has 0 bridgehead atoms. The Labute approximate surface area is 190 Å². The van der Waals surface area contributed by atoms with Crippen LogP contribution in [0.1, 0.15) is 54.8 Å². The Kier molecular flexibility index (Phi) is 7.15. The van der Waals surface area contributed by atoms with Gasteiger partial charge >= 0.3 is 0 Å². The largest absolute Gasteiger partial charge is 0.459 e. The molecule has 1 aromatic heterocycles. The van der Waals surface area contributed by atoms with Crippen molar-refractivity contribution in [1.29, 1.82) is 0 Å². The van der Waals surface area contributed by atoms with E-state index in [1.807, 2.05) is 11.9 Å². The standard InChI is InChI=1S/C25H35N5O2/c1-20(21-9-4-3-5-10-21)28-25(12-6-7-13-25)19-27-24(26-2)30-16-14-29(15-17-30)23(31)22-11-8-18-32-22/h3-5,8-11,18,20,28H,6-7,12-17,19H2,1-2H3,(H,26,27). The normalized spacial score (nSPS) is 19.8. The van der Waals surface area contributed by atoms with E-state index in [9.17, 15) is 4.79 Å². The molecule has 1 unspecified atom stereocenters. The smallest absolute Gasteiger partial charge is 0.289 e. The third-order valence-electron chi connectivity index (χ3n) is 6.78. The summed E-state index contributed by atoms with van der Waals surface area (Å²) in [7, 11) is 1.84. The highest BCUT2D eigenvalue weighted by Gasteiger charge is 2.35. The van der Waals surface area contributed by atoms with Gasteiger partial charge in [0.25, 0.3) is 5.91 Å². The lowest BCUT2D eigenvalue weighted by Gasteiger charge is -2.39. The quantitative estimate of drug-likeness (QED) is 0.536. The number of carbonyl (C=O) groups excluding carboxylic acids is 1. The van der Waals surface area contributed by atoms with Crippen molar-refractivity contribution in [2.45, 2.75) is 44.2 Å². The summed E-state index contributed by atoms with van der Waals surface area (Å²) in [5, 5.41) is 7.57. The molecule has 2 aromatic rings. The Morgan fingerprint density at radius 3 is 2.38 bits per heavy atom. The summed E-state index contributed by atoms with van der Waals surface area (Å²) in [6.45, 7) is 5.94. The number of aliphatic imine (C=N–C) groups is 1. The Balaban J connectivity index is 1.32. The third-order valence-corrected chi connectivity index (χ3v) is 6.78. The number of amides is 1. The molecule has 172 valence electrons. The van der Waals surface area contributed by atoms with Crippen molar-refractivity contribution in [1.82, 2.24) is 20.4 Å². The molecule has 32 heavy (non-hydrogen) atoms. The van der Waals surface area contributed by atoms with Crippen molar-refractivity contribution >= 4 is 11.9 Å².